The highest BCUT2D eigenvalue weighted by atomic mass is 127. The average Bonchev–Trinajstić information content (AvgIpc) is 3.16. The van der Waals surface area contributed by atoms with Crippen molar-refractivity contribution in [3.8, 4) is 5.75 Å². The largest absolute Gasteiger partial charge is 0.491 e. The van der Waals surface area contributed by atoms with Crippen molar-refractivity contribution in [1.29, 1.82) is 0 Å². The zero-order chi connectivity index (χ0) is 19.9. The summed E-state index contributed by atoms with van der Waals surface area (Å²) in [6.07, 6.45) is 2.43. The van der Waals surface area contributed by atoms with E-state index < -0.39 is 0 Å². The number of nitrogens with zero attached hydrogens (tertiary/aromatic N) is 3. The second kappa shape index (κ2) is 11.1. The lowest BCUT2D eigenvalue weighted by molar-refractivity contribution is 0.321. The molecule has 6 nitrogen and oxygen atoms in total. The first-order valence-corrected chi connectivity index (χ1v) is 9.34. The van der Waals surface area contributed by atoms with Crippen molar-refractivity contribution in [2.75, 3.05) is 31.6 Å². The fourth-order valence-corrected chi connectivity index (χ4v) is 3.18. The van der Waals surface area contributed by atoms with Crippen LogP contribution in [-0.2, 0) is 6.54 Å². The van der Waals surface area contributed by atoms with Gasteiger partial charge in [0.25, 0.3) is 0 Å². The van der Waals surface area contributed by atoms with Crippen LogP contribution in [0, 0.1) is 11.6 Å². The van der Waals surface area contributed by atoms with Crippen LogP contribution >= 0.6 is 24.0 Å². The van der Waals surface area contributed by atoms with E-state index in [1.165, 1.54) is 12.1 Å². The van der Waals surface area contributed by atoms with Gasteiger partial charge >= 0.3 is 0 Å². The van der Waals surface area contributed by atoms with Crippen LogP contribution in [0.25, 0.3) is 0 Å². The van der Waals surface area contributed by atoms with Gasteiger partial charge in [-0.2, -0.15) is 0 Å². The number of aromatic nitrogens is 1. The van der Waals surface area contributed by atoms with Crippen LogP contribution in [0.3, 0.4) is 0 Å². The third-order valence-electron chi connectivity index (χ3n) is 4.55. The molecule has 0 amide bonds. The molecule has 1 aromatic carbocycles. The molecule has 1 saturated heterocycles. The summed E-state index contributed by atoms with van der Waals surface area (Å²) < 4.78 is 33.1. The maximum atomic E-state index is 14.0. The summed E-state index contributed by atoms with van der Waals surface area (Å²) in [6, 6.07) is 8.01. The van der Waals surface area contributed by atoms with Gasteiger partial charge in [-0.1, -0.05) is 6.07 Å². The number of pyridine rings is 1. The molecule has 0 saturated carbocycles. The molecule has 1 fully saturated rings. The Labute approximate surface area is 186 Å². The van der Waals surface area contributed by atoms with Crippen LogP contribution in [0.1, 0.15) is 18.9 Å². The quantitative estimate of drug-likeness (QED) is 0.350. The van der Waals surface area contributed by atoms with E-state index in [2.05, 4.69) is 20.6 Å². The first-order chi connectivity index (χ1) is 13.6. The molecule has 1 aliphatic heterocycles. The second-order valence-electron chi connectivity index (χ2n) is 6.51. The Morgan fingerprint density at radius 2 is 2.14 bits per heavy atom. The molecular weight excluding hydrogens is 491 g/mol. The van der Waals surface area contributed by atoms with Crippen molar-refractivity contribution in [3.05, 3.63) is 53.7 Å². The summed E-state index contributed by atoms with van der Waals surface area (Å²) in [5.41, 5.74) is 0.785. The molecular formula is C20H26F2IN5O. The first kappa shape index (κ1) is 23.1. The van der Waals surface area contributed by atoms with Gasteiger partial charge in [-0.3, -0.25) is 4.99 Å². The lowest BCUT2D eigenvalue weighted by atomic mass is 10.2. The number of rotatable bonds is 6. The number of nitrogens with one attached hydrogen (secondary N) is 2. The van der Waals surface area contributed by atoms with E-state index in [4.69, 9.17) is 4.74 Å². The summed E-state index contributed by atoms with van der Waals surface area (Å²) in [5, 5.41) is 6.51. The van der Waals surface area contributed by atoms with Gasteiger partial charge in [-0.15, -0.1) is 24.0 Å². The average molecular weight is 517 g/mol. The number of hydrogen-bond acceptors (Lipinski definition) is 4. The minimum Gasteiger partial charge on any atom is -0.491 e. The number of benzene rings is 1. The van der Waals surface area contributed by atoms with Crippen molar-refractivity contribution in [2.24, 2.45) is 4.99 Å². The number of hydrogen-bond donors (Lipinski definition) is 2. The first-order valence-electron chi connectivity index (χ1n) is 9.34. The van der Waals surface area contributed by atoms with Gasteiger partial charge in [-0.25, -0.2) is 13.8 Å². The number of anilines is 1. The Kier molecular flexibility index (Phi) is 8.87. The maximum Gasteiger partial charge on any atom is 0.191 e. The van der Waals surface area contributed by atoms with E-state index in [1.807, 2.05) is 17.9 Å². The van der Waals surface area contributed by atoms with E-state index >= 15 is 0 Å². The molecule has 2 N–H and O–H groups in total. The zero-order valence-corrected chi connectivity index (χ0v) is 18.8. The normalized spacial score (nSPS) is 16.3. The van der Waals surface area contributed by atoms with E-state index in [1.54, 1.807) is 25.4 Å². The van der Waals surface area contributed by atoms with Crippen LogP contribution in [0.2, 0.25) is 0 Å². The summed E-state index contributed by atoms with van der Waals surface area (Å²) in [7, 11) is 1.68. The standard InChI is InChI=1S/C20H25F2N5O.HI/c1-3-28-18-7-6-14(11-17(18)22)12-25-20(23-2)26-15-8-10-27(13-15)19-16(21)5-4-9-24-19;/h4-7,9,11,15H,3,8,10,12-13H2,1-2H3,(H2,23,25,26);1H. The third kappa shape index (κ3) is 6.15. The lowest BCUT2D eigenvalue weighted by Crippen LogP contribution is -2.44. The summed E-state index contributed by atoms with van der Waals surface area (Å²) in [4.78, 5) is 10.3. The Balaban J connectivity index is 0.00000300. The highest BCUT2D eigenvalue weighted by Gasteiger charge is 2.25. The lowest BCUT2D eigenvalue weighted by Gasteiger charge is -2.20. The number of halogens is 3. The summed E-state index contributed by atoms with van der Waals surface area (Å²) >= 11 is 0. The van der Waals surface area contributed by atoms with E-state index in [0.29, 0.717) is 38.0 Å². The predicted octanol–water partition coefficient (Wildman–Crippen LogP) is 3.32. The monoisotopic (exact) mass is 517 g/mol. The van der Waals surface area contributed by atoms with E-state index in [9.17, 15) is 8.78 Å². The molecule has 0 radical (unpaired) electrons. The number of aliphatic imine (C=N–C) groups is 1. The van der Waals surface area contributed by atoms with Gasteiger partial charge in [0.15, 0.2) is 29.2 Å². The molecule has 0 spiro atoms. The molecule has 1 aromatic heterocycles. The van der Waals surface area contributed by atoms with Crippen molar-refractivity contribution in [3.63, 3.8) is 0 Å². The topological polar surface area (TPSA) is 61.8 Å². The Morgan fingerprint density at radius 1 is 1.31 bits per heavy atom. The van der Waals surface area contributed by atoms with Crippen LogP contribution in [-0.4, -0.2) is 43.7 Å². The molecule has 2 aromatic rings. The van der Waals surface area contributed by atoms with Crippen LogP contribution in [0.5, 0.6) is 5.75 Å². The van der Waals surface area contributed by atoms with Crippen molar-refractivity contribution < 1.29 is 13.5 Å². The molecule has 1 aliphatic rings. The van der Waals surface area contributed by atoms with Crippen LogP contribution < -0.4 is 20.3 Å². The fourth-order valence-electron chi connectivity index (χ4n) is 3.18. The SMILES string of the molecule is CCOc1ccc(CNC(=NC)NC2CCN(c3ncccc3F)C2)cc1F.I. The Hall–Kier alpha value is -2.17. The second-order valence-corrected chi connectivity index (χ2v) is 6.51. The number of guanidine groups is 1. The molecule has 3 rings (SSSR count). The third-order valence-corrected chi connectivity index (χ3v) is 4.55. The van der Waals surface area contributed by atoms with E-state index in [-0.39, 0.29) is 47.4 Å². The Morgan fingerprint density at radius 3 is 2.83 bits per heavy atom. The minimum atomic E-state index is -0.382. The molecule has 1 atom stereocenters. The predicted molar refractivity (Wildman–Crippen MR) is 121 cm³/mol. The highest BCUT2D eigenvalue weighted by molar-refractivity contribution is 14.0. The highest BCUT2D eigenvalue weighted by Crippen LogP contribution is 2.21. The molecule has 2 heterocycles. The molecule has 9 heteroatoms. The van der Waals surface area contributed by atoms with Crippen LogP contribution in [0.15, 0.2) is 41.5 Å². The molecule has 1 unspecified atom stereocenters. The number of ether oxygens (including phenoxy) is 1. The van der Waals surface area contributed by atoms with Crippen molar-refractivity contribution in [2.45, 2.75) is 25.9 Å². The van der Waals surface area contributed by atoms with Gasteiger partial charge in [0.2, 0.25) is 0 Å². The van der Waals surface area contributed by atoms with E-state index in [0.717, 1.165) is 12.0 Å². The van der Waals surface area contributed by atoms with Crippen molar-refractivity contribution in [1.82, 2.24) is 15.6 Å². The van der Waals surface area contributed by atoms with Crippen LogP contribution in [0.4, 0.5) is 14.6 Å². The molecule has 158 valence electrons. The Bertz CT molecular complexity index is 836. The van der Waals surface area contributed by atoms with Gasteiger partial charge in [0.05, 0.1) is 6.61 Å². The summed E-state index contributed by atoms with van der Waals surface area (Å²) in [5.74, 6) is 0.542. The zero-order valence-electron chi connectivity index (χ0n) is 16.5. The van der Waals surface area contributed by atoms with Gasteiger partial charge < -0.3 is 20.3 Å². The van der Waals surface area contributed by atoms with Gasteiger partial charge in [0, 0.05) is 38.9 Å². The molecule has 29 heavy (non-hydrogen) atoms. The smallest absolute Gasteiger partial charge is 0.191 e. The molecule has 0 aliphatic carbocycles. The van der Waals surface area contributed by atoms with Gasteiger partial charge in [-0.05, 0) is 43.2 Å². The maximum absolute atomic E-state index is 14.0. The van der Waals surface area contributed by atoms with Gasteiger partial charge in [0.1, 0.15) is 0 Å². The molecule has 0 bridgehead atoms. The minimum absolute atomic E-state index is 0. The summed E-state index contributed by atoms with van der Waals surface area (Å²) in [6.45, 7) is 4.01. The van der Waals surface area contributed by atoms with Crippen molar-refractivity contribution >= 4 is 35.8 Å². The fraction of sp³-hybridized carbons (Fsp3) is 0.400.